The lowest BCUT2D eigenvalue weighted by molar-refractivity contribution is 0.157. The average molecular weight is 284 g/mol. The zero-order chi connectivity index (χ0) is 14.0. The van der Waals surface area contributed by atoms with Crippen LogP contribution < -0.4 is 5.32 Å². The van der Waals surface area contributed by atoms with E-state index in [0.29, 0.717) is 11.5 Å². The molecule has 0 bridgehead atoms. The van der Waals surface area contributed by atoms with Crippen LogP contribution >= 0.6 is 11.6 Å². The van der Waals surface area contributed by atoms with Gasteiger partial charge in [-0.15, -0.1) is 0 Å². The van der Waals surface area contributed by atoms with Crippen molar-refractivity contribution in [1.82, 2.24) is 5.32 Å². The van der Waals surface area contributed by atoms with Gasteiger partial charge in [0, 0.05) is 12.1 Å². The number of benzene rings is 1. The van der Waals surface area contributed by atoms with Crippen molar-refractivity contribution in [2.24, 2.45) is 5.41 Å². The van der Waals surface area contributed by atoms with Crippen molar-refractivity contribution in [3.63, 3.8) is 0 Å². The molecular weight excluding hydrogens is 261 g/mol. The van der Waals surface area contributed by atoms with Gasteiger partial charge in [0.1, 0.15) is 5.82 Å². The highest BCUT2D eigenvalue weighted by Gasteiger charge is 2.32. The number of nitrogens with one attached hydrogen (secondary N) is 1. The van der Waals surface area contributed by atoms with Gasteiger partial charge >= 0.3 is 0 Å². The minimum Gasteiger partial charge on any atom is -0.307 e. The fraction of sp³-hybridized carbons (Fsp3) is 0.625. The number of hydrogen-bond donors (Lipinski definition) is 1. The van der Waals surface area contributed by atoms with Gasteiger partial charge < -0.3 is 5.32 Å². The molecule has 1 nitrogen and oxygen atoms in total. The zero-order valence-corrected chi connectivity index (χ0v) is 12.7. The van der Waals surface area contributed by atoms with Crippen LogP contribution in [0.1, 0.15) is 58.1 Å². The van der Waals surface area contributed by atoms with Gasteiger partial charge in [-0.25, -0.2) is 4.39 Å². The van der Waals surface area contributed by atoms with Crippen LogP contribution in [-0.4, -0.2) is 6.04 Å². The Balaban J connectivity index is 2.07. The molecule has 2 atom stereocenters. The normalized spacial score (nSPS) is 24.2. The topological polar surface area (TPSA) is 12.0 Å². The molecule has 3 heteroatoms. The second kappa shape index (κ2) is 5.80. The van der Waals surface area contributed by atoms with Gasteiger partial charge in [-0.05, 0) is 42.9 Å². The van der Waals surface area contributed by atoms with Gasteiger partial charge in [0.25, 0.3) is 0 Å². The predicted molar refractivity (Wildman–Crippen MR) is 79.0 cm³/mol. The van der Waals surface area contributed by atoms with Crippen LogP contribution in [0, 0.1) is 11.2 Å². The summed E-state index contributed by atoms with van der Waals surface area (Å²) in [6.45, 7) is 6.73. The second-order valence-corrected chi connectivity index (χ2v) is 6.76. The molecule has 0 amide bonds. The van der Waals surface area contributed by atoms with E-state index in [1.807, 2.05) is 6.07 Å². The standard InChI is InChI=1S/C16H23ClFN/c1-11(12-7-8-13(17)14(18)10-12)19-15-6-4-5-9-16(15,2)3/h7-8,10-11,15,19H,4-6,9H2,1-3H3. The number of rotatable bonds is 3. The molecule has 0 aromatic heterocycles. The Morgan fingerprint density at radius 1 is 1.37 bits per heavy atom. The smallest absolute Gasteiger partial charge is 0.142 e. The van der Waals surface area contributed by atoms with E-state index in [4.69, 9.17) is 11.6 Å². The minimum atomic E-state index is -0.337. The Labute approximate surface area is 120 Å². The van der Waals surface area contributed by atoms with Crippen LogP contribution in [0.3, 0.4) is 0 Å². The SMILES string of the molecule is CC(NC1CCCCC1(C)C)c1ccc(Cl)c(F)c1. The van der Waals surface area contributed by atoms with Crippen molar-refractivity contribution in [2.45, 2.75) is 58.5 Å². The molecule has 0 aliphatic heterocycles. The maximum atomic E-state index is 13.5. The summed E-state index contributed by atoms with van der Waals surface area (Å²) < 4.78 is 13.5. The van der Waals surface area contributed by atoms with E-state index in [2.05, 4.69) is 26.1 Å². The molecule has 0 saturated heterocycles. The van der Waals surface area contributed by atoms with E-state index in [-0.39, 0.29) is 16.9 Å². The van der Waals surface area contributed by atoms with Crippen molar-refractivity contribution in [3.05, 3.63) is 34.6 Å². The molecule has 0 radical (unpaired) electrons. The average Bonchev–Trinajstić information content (AvgIpc) is 2.35. The molecule has 1 fully saturated rings. The van der Waals surface area contributed by atoms with Crippen molar-refractivity contribution < 1.29 is 4.39 Å². The van der Waals surface area contributed by atoms with Gasteiger partial charge in [0.15, 0.2) is 0 Å². The van der Waals surface area contributed by atoms with E-state index in [0.717, 1.165) is 5.56 Å². The first-order chi connectivity index (χ1) is 8.90. The Hall–Kier alpha value is -0.600. The van der Waals surface area contributed by atoms with Crippen LogP contribution in [-0.2, 0) is 0 Å². The maximum Gasteiger partial charge on any atom is 0.142 e. The number of hydrogen-bond acceptors (Lipinski definition) is 1. The summed E-state index contributed by atoms with van der Waals surface area (Å²) in [6, 6.07) is 5.72. The summed E-state index contributed by atoms with van der Waals surface area (Å²) >= 11 is 5.73. The fourth-order valence-corrected chi connectivity index (χ4v) is 3.10. The van der Waals surface area contributed by atoms with E-state index in [1.54, 1.807) is 6.07 Å². The molecule has 0 spiro atoms. The first-order valence-corrected chi connectivity index (χ1v) is 7.49. The van der Waals surface area contributed by atoms with Crippen LogP contribution in [0.25, 0.3) is 0 Å². The first kappa shape index (κ1) is 14.8. The third-order valence-corrected chi connectivity index (χ3v) is 4.71. The van der Waals surface area contributed by atoms with Gasteiger partial charge in [0.05, 0.1) is 5.02 Å². The van der Waals surface area contributed by atoms with E-state index in [9.17, 15) is 4.39 Å². The minimum absolute atomic E-state index is 0.147. The summed E-state index contributed by atoms with van der Waals surface area (Å²) in [5, 5.41) is 3.85. The molecule has 1 N–H and O–H groups in total. The lowest BCUT2D eigenvalue weighted by Gasteiger charge is -2.40. The third-order valence-electron chi connectivity index (χ3n) is 4.40. The highest BCUT2D eigenvalue weighted by Crippen LogP contribution is 2.36. The van der Waals surface area contributed by atoms with Crippen molar-refractivity contribution >= 4 is 11.6 Å². The summed E-state index contributed by atoms with van der Waals surface area (Å²) in [5.41, 5.74) is 1.28. The molecule has 2 rings (SSSR count). The van der Waals surface area contributed by atoms with Crippen molar-refractivity contribution in [1.29, 1.82) is 0 Å². The summed E-state index contributed by atoms with van der Waals surface area (Å²) in [4.78, 5) is 0. The highest BCUT2D eigenvalue weighted by atomic mass is 35.5. The first-order valence-electron chi connectivity index (χ1n) is 7.11. The van der Waals surface area contributed by atoms with Crippen LogP contribution in [0.2, 0.25) is 5.02 Å². The molecule has 1 aromatic rings. The van der Waals surface area contributed by atoms with Crippen molar-refractivity contribution in [3.8, 4) is 0 Å². The van der Waals surface area contributed by atoms with Crippen LogP contribution in [0.4, 0.5) is 4.39 Å². The molecular formula is C16H23ClFN. The summed E-state index contributed by atoms with van der Waals surface area (Å²) in [6.07, 6.45) is 5.05. The maximum absolute atomic E-state index is 13.5. The van der Waals surface area contributed by atoms with Crippen LogP contribution in [0.15, 0.2) is 18.2 Å². The third kappa shape index (κ3) is 3.49. The highest BCUT2D eigenvalue weighted by molar-refractivity contribution is 6.30. The molecule has 0 heterocycles. The molecule has 1 aliphatic carbocycles. The van der Waals surface area contributed by atoms with E-state index < -0.39 is 0 Å². The fourth-order valence-electron chi connectivity index (χ4n) is 2.98. The lowest BCUT2D eigenvalue weighted by atomic mass is 9.73. The van der Waals surface area contributed by atoms with Gasteiger partial charge in [0.2, 0.25) is 0 Å². The quantitative estimate of drug-likeness (QED) is 0.814. The Morgan fingerprint density at radius 2 is 2.11 bits per heavy atom. The van der Waals surface area contributed by atoms with Gasteiger partial charge in [-0.2, -0.15) is 0 Å². The zero-order valence-electron chi connectivity index (χ0n) is 12.0. The number of halogens is 2. The van der Waals surface area contributed by atoms with Crippen molar-refractivity contribution in [2.75, 3.05) is 0 Å². The molecule has 1 aromatic carbocycles. The van der Waals surface area contributed by atoms with E-state index in [1.165, 1.54) is 31.7 Å². The Bertz CT molecular complexity index is 444. The second-order valence-electron chi connectivity index (χ2n) is 6.35. The Kier molecular flexibility index (Phi) is 4.52. The lowest BCUT2D eigenvalue weighted by Crippen LogP contribution is -2.45. The van der Waals surface area contributed by atoms with E-state index >= 15 is 0 Å². The Morgan fingerprint density at radius 3 is 2.74 bits per heavy atom. The summed E-state index contributed by atoms with van der Waals surface area (Å²) in [7, 11) is 0. The molecule has 106 valence electrons. The molecule has 19 heavy (non-hydrogen) atoms. The predicted octanol–water partition coefficient (Wildman–Crippen LogP) is 5.10. The summed E-state index contributed by atoms with van der Waals surface area (Å²) in [5.74, 6) is -0.337. The van der Waals surface area contributed by atoms with Gasteiger partial charge in [-0.3, -0.25) is 0 Å². The molecule has 1 saturated carbocycles. The molecule has 1 aliphatic rings. The van der Waals surface area contributed by atoms with Crippen LogP contribution in [0.5, 0.6) is 0 Å². The monoisotopic (exact) mass is 283 g/mol. The molecule has 2 unspecified atom stereocenters. The largest absolute Gasteiger partial charge is 0.307 e. The van der Waals surface area contributed by atoms with Gasteiger partial charge in [-0.1, -0.05) is 44.4 Å².